The van der Waals surface area contributed by atoms with Crippen LogP contribution in [0.2, 0.25) is 0 Å². The molecular weight excluding hydrogens is 289 g/mol. The van der Waals surface area contributed by atoms with E-state index in [1.54, 1.807) is 30.4 Å². The molecule has 0 heterocycles. The van der Waals surface area contributed by atoms with Crippen molar-refractivity contribution >= 4 is 5.91 Å². The van der Waals surface area contributed by atoms with Crippen LogP contribution in [0.1, 0.15) is 12.5 Å². The van der Waals surface area contributed by atoms with Crippen LogP contribution in [0.15, 0.2) is 18.2 Å². The zero-order chi connectivity index (χ0) is 15.9. The lowest BCUT2D eigenvalue weighted by atomic mass is 10.2. The highest BCUT2D eigenvalue weighted by Gasteiger charge is 2.27. The first kappa shape index (κ1) is 17.1. The lowest BCUT2D eigenvalue weighted by Crippen LogP contribution is -2.36. The zero-order valence-corrected chi connectivity index (χ0v) is 11.5. The number of alkyl halides is 3. The molecule has 5 nitrogen and oxygen atoms in total. The Hall–Kier alpha value is -1.96. The first-order valence-electron chi connectivity index (χ1n) is 6.28. The zero-order valence-electron chi connectivity index (χ0n) is 11.5. The van der Waals surface area contributed by atoms with Gasteiger partial charge in [0.25, 0.3) is 5.91 Å². The number of hydrogen-bond acceptors (Lipinski definition) is 4. The summed E-state index contributed by atoms with van der Waals surface area (Å²) in [5.41, 5.74) is 6.15. The van der Waals surface area contributed by atoms with Crippen LogP contribution in [0.5, 0.6) is 11.5 Å². The van der Waals surface area contributed by atoms with Gasteiger partial charge < -0.3 is 20.5 Å². The topological polar surface area (TPSA) is 73.6 Å². The molecule has 1 amide bonds. The highest BCUT2D eigenvalue weighted by Crippen LogP contribution is 2.31. The Morgan fingerprint density at radius 1 is 1.33 bits per heavy atom. The number of ether oxygens (including phenoxy) is 2. The molecule has 0 aliphatic heterocycles. The maximum Gasteiger partial charge on any atom is 0.405 e. The Balaban J connectivity index is 2.67. The molecule has 1 rings (SSSR count). The van der Waals surface area contributed by atoms with Crippen molar-refractivity contribution in [3.8, 4) is 11.5 Å². The van der Waals surface area contributed by atoms with Crippen LogP contribution in [-0.2, 0) is 11.3 Å². The van der Waals surface area contributed by atoms with E-state index in [2.05, 4.69) is 0 Å². The number of halogens is 3. The maximum atomic E-state index is 12.0. The minimum absolute atomic E-state index is 0.153. The van der Waals surface area contributed by atoms with Gasteiger partial charge in [-0.3, -0.25) is 4.79 Å². The van der Waals surface area contributed by atoms with E-state index in [4.69, 9.17) is 15.2 Å². The quantitative estimate of drug-likeness (QED) is 0.802. The second-order valence-corrected chi connectivity index (χ2v) is 4.06. The fourth-order valence-electron chi connectivity index (χ4n) is 1.54. The summed E-state index contributed by atoms with van der Waals surface area (Å²) in [7, 11) is 0. The molecule has 0 radical (unpaired) electrons. The molecule has 0 saturated heterocycles. The van der Waals surface area contributed by atoms with E-state index in [-0.39, 0.29) is 12.3 Å². The average molecular weight is 306 g/mol. The van der Waals surface area contributed by atoms with Gasteiger partial charge in [0, 0.05) is 12.1 Å². The molecule has 8 heteroatoms. The van der Waals surface area contributed by atoms with Crippen molar-refractivity contribution in [2.75, 3.05) is 19.8 Å². The maximum absolute atomic E-state index is 12.0. The lowest BCUT2D eigenvalue weighted by molar-refractivity contribution is -0.139. The number of rotatable bonds is 7. The highest BCUT2D eigenvalue weighted by molar-refractivity contribution is 5.77. The number of nitrogens with two attached hydrogens (primary N) is 1. The first-order chi connectivity index (χ1) is 9.87. The van der Waals surface area contributed by atoms with E-state index in [0.717, 1.165) is 0 Å². The van der Waals surface area contributed by atoms with Gasteiger partial charge in [0.2, 0.25) is 0 Å². The van der Waals surface area contributed by atoms with Gasteiger partial charge in [-0.15, -0.1) is 0 Å². The number of carbonyl (C=O) groups excluding carboxylic acids is 1. The Labute approximate surface area is 120 Å². The molecule has 21 heavy (non-hydrogen) atoms. The van der Waals surface area contributed by atoms with Crippen molar-refractivity contribution in [3.05, 3.63) is 23.8 Å². The molecule has 1 aromatic carbocycles. The Bertz CT molecular complexity index is 478. The van der Waals surface area contributed by atoms with Crippen molar-refractivity contribution in [2.45, 2.75) is 19.6 Å². The van der Waals surface area contributed by atoms with Gasteiger partial charge in [0.1, 0.15) is 6.54 Å². The molecule has 0 aliphatic carbocycles. The normalized spacial score (nSPS) is 11.1. The second-order valence-electron chi connectivity index (χ2n) is 4.06. The third-order valence-electron chi connectivity index (χ3n) is 2.41. The largest absolute Gasteiger partial charge is 0.490 e. The summed E-state index contributed by atoms with van der Waals surface area (Å²) in [5, 5.41) is 1.72. The third kappa shape index (κ3) is 5.90. The summed E-state index contributed by atoms with van der Waals surface area (Å²) in [5.74, 6) is -0.213. The molecule has 0 bridgehead atoms. The molecule has 0 aliphatic rings. The molecule has 118 valence electrons. The molecule has 0 fully saturated rings. The van der Waals surface area contributed by atoms with Gasteiger partial charge in [0.05, 0.1) is 6.61 Å². The standard InChI is InChI=1S/C13H17F3N2O3/c1-2-20-10-5-3-4-9(6-17)12(10)21-7-11(19)18-8-13(14,15)16/h3-5H,2,6-8,17H2,1H3,(H,18,19). The van der Waals surface area contributed by atoms with Gasteiger partial charge in [-0.2, -0.15) is 13.2 Å². The molecule has 0 saturated carbocycles. The molecular formula is C13H17F3N2O3. The van der Waals surface area contributed by atoms with Crippen molar-refractivity contribution < 1.29 is 27.4 Å². The smallest absolute Gasteiger partial charge is 0.405 e. The highest BCUT2D eigenvalue weighted by atomic mass is 19.4. The molecule has 0 unspecified atom stereocenters. The summed E-state index contributed by atoms with van der Waals surface area (Å²) in [6.07, 6.45) is -4.46. The van der Waals surface area contributed by atoms with Crippen molar-refractivity contribution in [3.63, 3.8) is 0 Å². The Morgan fingerprint density at radius 3 is 2.62 bits per heavy atom. The van der Waals surface area contributed by atoms with Crippen LogP contribution in [0.3, 0.4) is 0 Å². The van der Waals surface area contributed by atoms with Crippen LogP contribution in [0.25, 0.3) is 0 Å². The molecule has 1 aromatic rings. The Kier molecular flexibility index (Phi) is 6.29. The van der Waals surface area contributed by atoms with E-state index in [1.165, 1.54) is 0 Å². The van der Waals surface area contributed by atoms with Gasteiger partial charge in [0.15, 0.2) is 18.1 Å². The average Bonchev–Trinajstić information content (AvgIpc) is 2.43. The van der Waals surface area contributed by atoms with E-state index < -0.39 is 25.2 Å². The van der Waals surface area contributed by atoms with E-state index in [0.29, 0.717) is 17.9 Å². The number of nitrogens with one attached hydrogen (secondary N) is 1. The van der Waals surface area contributed by atoms with Crippen LogP contribution in [0.4, 0.5) is 13.2 Å². The number of benzene rings is 1. The van der Waals surface area contributed by atoms with Crippen molar-refractivity contribution in [1.29, 1.82) is 0 Å². The van der Waals surface area contributed by atoms with Crippen LogP contribution in [0, 0.1) is 0 Å². The van der Waals surface area contributed by atoms with Crippen LogP contribution < -0.4 is 20.5 Å². The minimum atomic E-state index is -4.46. The summed E-state index contributed by atoms with van der Waals surface area (Å²) >= 11 is 0. The van der Waals surface area contributed by atoms with Gasteiger partial charge in [-0.1, -0.05) is 12.1 Å². The molecule has 0 atom stereocenters. The van der Waals surface area contributed by atoms with Crippen molar-refractivity contribution in [1.82, 2.24) is 5.32 Å². The summed E-state index contributed by atoms with van der Waals surface area (Å²) < 4.78 is 46.5. The molecule has 3 N–H and O–H groups in total. The monoisotopic (exact) mass is 306 g/mol. The second kappa shape index (κ2) is 7.72. The first-order valence-corrected chi connectivity index (χ1v) is 6.28. The Morgan fingerprint density at radius 2 is 2.05 bits per heavy atom. The number of para-hydroxylation sites is 1. The predicted molar refractivity (Wildman–Crippen MR) is 70.1 cm³/mol. The fourth-order valence-corrected chi connectivity index (χ4v) is 1.54. The molecule has 0 aromatic heterocycles. The lowest BCUT2D eigenvalue weighted by Gasteiger charge is -2.15. The van der Waals surface area contributed by atoms with E-state index in [9.17, 15) is 18.0 Å². The minimum Gasteiger partial charge on any atom is -0.490 e. The SMILES string of the molecule is CCOc1cccc(CN)c1OCC(=O)NCC(F)(F)F. The van der Waals surface area contributed by atoms with Crippen molar-refractivity contribution in [2.24, 2.45) is 5.73 Å². The summed E-state index contributed by atoms with van der Waals surface area (Å²) in [6.45, 7) is 0.360. The number of amides is 1. The summed E-state index contributed by atoms with van der Waals surface area (Å²) in [4.78, 5) is 11.3. The number of hydrogen-bond donors (Lipinski definition) is 2. The van der Waals surface area contributed by atoms with Crippen LogP contribution in [-0.4, -0.2) is 31.8 Å². The fraction of sp³-hybridized carbons (Fsp3) is 0.462. The number of carbonyl (C=O) groups is 1. The van der Waals surface area contributed by atoms with Gasteiger partial charge >= 0.3 is 6.18 Å². The predicted octanol–water partition coefficient (Wildman–Crippen LogP) is 1.60. The van der Waals surface area contributed by atoms with E-state index in [1.807, 2.05) is 0 Å². The molecule has 0 spiro atoms. The van der Waals surface area contributed by atoms with E-state index >= 15 is 0 Å². The third-order valence-corrected chi connectivity index (χ3v) is 2.41. The van der Waals surface area contributed by atoms with Crippen LogP contribution >= 0.6 is 0 Å². The van der Waals surface area contributed by atoms with Gasteiger partial charge in [-0.25, -0.2) is 0 Å². The summed E-state index contributed by atoms with van der Waals surface area (Å²) in [6, 6.07) is 5.03. The van der Waals surface area contributed by atoms with Gasteiger partial charge in [-0.05, 0) is 13.0 Å².